The first-order valence-electron chi connectivity index (χ1n) is 17.2. The van der Waals surface area contributed by atoms with Crippen LogP contribution in [-0.2, 0) is 5.41 Å². The third-order valence-corrected chi connectivity index (χ3v) is 11.0. The van der Waals surface area contributed by atoms with Crippen LogP contribution in [0.5, 0.6) is 5.75 Å². The summed E-state index contributed by atoms with van der Waals surface area (Å²) in [6.45, 7) is 0. The van der Waals surface area contributed by atoms with E-state index in [1.54, 1.807) is 6.07 Å². The average Bonchev–Trinajstić information content (AvgIpc) is 3.85. The van der Waals surface area contributed by atoms with Gasteiger partial charge in [0.15, 0.2) is 11.8 Å². The standard InChI is InChI=1S/C47H28N2O2.Li/c50-43-24-23-32(37-10-7-25-48-45(37)43)31-20-22-36-34-9-2-4-12-39(34)47(41(36)27-31)38-11-3-1-8-33(38)35-21-19-30(26-40(35)47)28-15-17-29(18-16-28)46-49-42-13-5-6-14-44(42)51-46;/h1-27,50H;/q;+1. The molecule has 0 amide bonds. The largest absolute Gasteiger partial charge is 1.00 e. The molecule has 1 spiro atoms. The molecule has 238 valence electrons. The van der Waals surface area contributed by atoms with E-state index in [2.05, 4.69) is 114 Å². The Hall–Kier alpha value is -6.18. The van der Waals surface area contributed by atoms with E-state index in [1.165, 1.54) is 44.5 Å². The van der Waals surface area contributed by atoms with Gasteiger partial charge in [0.1, 0.15) is 5.52 Å². The number of pyridine rings is 1. The summed E-state index contributed by atoms with van der Waals surface area (Å²) in [6.07, 6.45) is 1.81. The molecule has 9 aromatic rings. The van der Waals surface area contributed by atoms with Gasteiger partial charge in [-0.05, 0) is 115 Å². The average molecular weight is 660 g/mol. The SMILES string of the molecule is [Li+].[O-]c1ccc(-c2ccc3c(c2)C2(c4ccccc4-c4ccc(-c5ccc(-c6nc7ccccc7o6)cc5)cc42)c2ccccc2-3)c2ccc[nH+]c12. The fourth-order valence-corrected chi connectivity index (χ4v) is 8.74. The molecule has 11 rings (SSSR count). The van der Waals surface area contributed by atoms with Crippen molar-refractivity contribution >= 4 is 22.0 Å². The Bertz CT molecular complexity index is 2850. The molecule has 0 bridgehead atoms. The number of oxazole rings is 1. The van der Waals surface area contributed by atoms with Crippen LogP contribution < -0.4 is 29.0 Å². The van der Waals surface area contributed by atoms with Crippen molar-refractivity contribution in [3.63, 3.8) is 0 Å². The second-order valence-electron chi connectivity index (χ2n) is 13.5. The van der Waals surface area contributed by atoms with Gasteiger partial charge in [0.05, 0.1) is 10.8 Å². The van der Waals surface area contributed by atoms with Gasteiger partial charge >= 0.3 is 18.9 Å². The minimum atomic E-state index is -0.511. The number of aromatic nitrogens is 2. The normalized spacial score (nSPS) is 14.9. The Balaban J connectivity index is 0.00000338. The minimum absolute atomic E-state index is 0. The second-order valence-corrected chi connectivity index (χ2v) is 13.5. The predicted octanol–water partition coefficient (Wildman–Crippen LogP) is 7.22. The molecule has 0 aliphatic heterocycles. The minimum Gasteiger partial charge on any atom is -0.868 e. The smallest absolute Gasteiger partial charge is 0.868 e. The molecule has 2 heterocycles. The molecule has 1 N–H and O–H groups in total. The number of nitrogens with zero attached hydrogens (tertiary/aromatic N) is 1. The Labute approximate surface area is 312 Å². The van der Waals surface area contributed by atoms with E-state index in [0.29, 0.717) is 11.4 Å². The molecular weight excluding hydrogens is 631 g/mol. The summed E-state index contributed by atoms with van der Waals surface area (Å²) in [6, 6.07) is 55.6. The van der Waals surface area contributed by atoms with Crippen molar-refractivity contribution in [3.05, 3.63) is 186 Å². The Morgan fingerprint density at radius 1 is 0.500 bits per heavy atom. The molecule has 2 aliphatic carbocycles. The number of benzene rings is 7. The fourth-order valence-electron chi connectivity index (χ4n) is 8.74. The van der Waals surface area contributed by atoms with Crippen LogP contribution in [0.15, 0.2) is 168 Å². The summed E-state index contributed by atoms with van der Waals surface area (Å²) in [5, 5.41) is 13.7. The summed E-state index contributed by atoms with van der Waals surface area (Å²) in [7, 11) is 0. The molecule has 7 aromatic carbocycles. The zero-order valence-corrected chi connectivity index (χ0v) is 28.4. The summed E-state index contributed by atoms with van der Waals surface area (Å²) >= 11 is 0. The molecule has 5 heteroatoms. The van der Waals surface area contributed by atoms with Crippen LogP contribution in [0.25, 0.3) is 78.0 Å². The van der Waals surface area contributed by atoms with E-state index in [9.17, 15) is 5.11 Å². The van der Waals surface area contributed by atoms with Crippen molar-refractivity contribution < 1.29 is 33.4 Å². The molecule has 4 nitrogen and oxygen atoms in total. The van der Waals surface area contributed by atoms with Crippen molar-refractivity contribution in [1.82, 2.24) is 4.98 Å². The predicted molar refractivity (Wildman–Crippen MR) is 200 cm³/mol. The molecule has 52 heavy (non-hydrogen) atoms. The number of aromatic amines is 1. The summed E-state index contributed by atoms with van der Waals surface area (Å²) in [5.41, 5.74) is 17.2. The van der Waals surface area contributed by atoms with Crippen molar-refractivity contribution in [1.29, 1.82) is 0 Å². The van der Waals surface area contributed by atoms with Gasteiger partial charge in [-0.15, -0.1) is 0 Å². The maximum Gasteiger partial charge on any atom is 1.00 e. The first-order valence-corrected chi connectivity index (χ1v) is 17.2. The van der Waals surface area contributed by atoms with E-state index in [0.717, 1.165) is 44.3 Å². The van der Waals surface area contributed by atoms with Crippen LogP contribution in [-0.4, -0.2) is 4.98 Å². The topological polar surface area (TPSA) is 63.2 Å². The summed E-state index contributed by atoms with van der Waals surface area (Å²) in [4.78, 5) is 7.90. The number of H-pyrrole nitrogens is 1. The summed E-state index contributed by atoms with van der Waals surface area (Å²) < 4.78 is 6.07. The molecule has 0 saturated heterocycles. The number of rotatable bonds is 3. The quantitative estimate of drug-likeness (QED) is 0.188. The van der Waals surface area contributed by atoms with E-state index < -0.39 is 5.41 Å². The second kappa shape index (κ2) is 11.4. The number of nitrogens with one attached hydrogen (secondary N) is 1. The van der Waals surface area contributed by atoms with Crippen molar-refractivity contribution in [2.24, 2.45) is 0 Å². The molecule has 0 fully saturated rings. The van der Waals surface area contributed by atoms with E-state index in [4.69, 9.17) is 9.40 Å². The van der Waals surface area contributed by atoms with Crippen LogP contribution in [0.1, 0.15) is 22.3 Å². The van der Waals surface area contributed by atoms with Gasteiger partial charge in [-0.1, -0.05) is 109 Å². The Morgan fingerprint density at radius 2 is 1.08 bits per heavy atom. The van der Waals surface area contributed by atoms with Crippen LogP contribution in [0.4, 0.5) is 0 Å². The Kier molecular flexibility index (Phi) is 6.72. The maximum absolute atomic E-state index is 12.8. The molecule has 1 atom stereocenters. The van der Waals surface area contributed by atoms with E-state index in [-0.39, 0.29) is 24.6 Å². The van der Waals surface area contributed by atoms with Crippen molar-refractivity contribution in [2.75, 3.05) is 0 Å². The number of para-hydroxylation sites is 2. The van der Waals surface area contributed by atoms with Crippen LogP contribution in [0.3, 0.4) is 0 Å². The van der Waals surface area contributed by atoms with E-state index >= 15 is 0 Å². The van der Waals surface area contributed by atoms with Gasteiger partial charge < -0.3 is 9.52 Å². The first-order chi connectivity index (χ1) is 25.2. The summed E-state index contributed by atoms with van der Waals surface area (Å²) in [5.74, 6) is 0.615. The zero-order chi connectivity index (χ0) is 33.7. The van der Waals surface area contributed by atoms with Crippen LogP contribution in [0, 0.1) is 0 Å². The van der Waals surface area contributed by atoms with Crippen molar-refractivity contribution in [3.8, 4) is 61.7 Å². The number of hydrogen-bond acceptors (Lipinski definition) is 3. The first kappa shape index (κ1) is 30.6. The fraction of sp³-hybridized carbons (Fsp3) is 0.0213. The van der Waals surface area contributed by atoms with Gasteiger partial charge in [0, 0.05) is 11.6 Å². The van der Waals surface area contributed by atoms with Crippen LogP contribution >= 0.6 is 0 Å². The number of hydrogen-bond donors (Lipinski definition) is 0. The molecule has 2 aliphatic rings. The van der Waals surface area contributed by atoms with Crippen molar-refractivity contribution in [2.45, 2.75) is 5.41 Å². The van der Waals surface area contributed by atoms with Gasteiger partial charge in [0.2, 0.25) is 11.4 Å². The molecule has 2 aromatic heterocycles. The monoisotopic (exact) mass is 659 g/mol. The zero-order valence-electron chi connectivity index (χ0n) is 28.4. The Morgan fingerprint density at radius 3 is 1.81 bits per heavy atom. The third-order valence-electron chi connectivity index (χ3n) is 11.0. The molecular formula is C47H28LiN2O2+. The van der Waals surface area contributed by atoms with Gasteiger partial charge in [0.25, 0.3) is 0 Å². The van der Waals surface area contributed by atoms with Crippen LogP contribution in [0.2, 0.25) is 0 Å². The molecule has 0 saturated carbocycles. The van der Waals surface area contributed by atoms with Gasteiger partial charge in [-0.2, -0.15) is 0 Å². The van der Waals surface area contributed by atoms with Gasteiger partial charge in [-0.3, -0.25) is 0 Å². The maximum atomic E-state index is 12.8. The molecule has 1 unspecified atom stereocenters. The van der Waals surface area contributed by atoms with E-state index in [1.807, 2.05) is 48.7 Å². The van der Waals surface area contributed by atoms with Gasteiger partial charge in [-0.25, -0.2) is 9.97 Å². The number of fused-ring (bicyclic) bond motifs is 12. The third kappa shape index (κ3) is 4.17. The molecule has 0 radical (unpaired) electrons.